The van der Waals surface area contributed by atoms with Crippen molar-refractivity contribution in [2.45, 2.75) is 168 Å². The van der Waals surface area contributed by atoms with Crippen molar-refractivity contribution in [2.24, 2.45) is 0 Å². The molecule has 0 spiro atoms. The minimum absolute atomic E-state index is 0.0184. The molecule has 11 rings (SSSR count). The Bertz CT molecular complexity index is 2980. The number of fused-ring (bicyclic) bond motifs is 10. The molecule has 0 fully saturated rings. The van der Waals surface area contributed by atoms with E-state index in [4.69, 9.17) is 0 Å². The van der Waals surface area contributed by atoms with E-state index < -0.39 is 0 Å². The van der Waals surface area contributed by atoms with E-state index in [2.05, 4.69) is 212 Å². The number of nitrogens with zero attached hydrogens (tertiary/aromatic N) is 2. The lowest BCUT2D eigenvalue weighted by atomic mass is 9.39. The lowest BCUT2D eigenvalue weighted by Gasteiger charge is -2.43. The number of hydrogen-bond acceptors (Lipinski definition) is 4. The molecule has 0 bridgehead atoms. The van der Waals surface area contributed by atoms with Gasteiger partial charge in [0, 0.05) is 52.5 Å². The Balaban J connectivity index is 1.29. The molecule has 5 heteroatoms. The molecule has 4 aliphatic rings. The number of hydrogen-bond donors (Lipinski definition) is 0. The average Bonchev–Trinajstić information content (AvgIpc) is 3.86. The first-order chi connectivity index (χ1) is 30.1. The van der Waals surface area contributed by atoms with Gasteiger partial charge in [0.1, 0.15) is 0 Å². The fourth-order valence-corrected chi connectivity index (χ4v) is 15.8. The molecule has 65 heavy (non-hydrogen) atoms. The second-order valence-corrected chi connectivity index (χ2v) is 28.4. The molecule has 5 aromatic carbocycles. The molecule has 2 nitrogen and oxygen atoms in total. The third-order valence-corrected chi connectivity index (χ3v) is 18.5. The summed E-state index contributed by atoms with van der Waals surface area (Å²) in [5, 5.41) is 2.74. The van der Waals surface area contributed by atoms with Crippen molar-refractivity contribution in [1.82, 2.24) is 0 Å². The molecule has 0 N–H and O–H groups in total. The molecule has 7 aromatic rings. The van der Waals surface area contributed by atoms with Crippen molar-refractivity contribution in [3.05, 3.63) is 124 Å². The van der Waals surface area contributed by atoms with Crippen LogP contribution in [0.5, 0.6) is 0 Å². The van der Waals surface area contributed by atoms with Crippen LogP contribution in [0.25, 0.3) is 20.2 Å². The summed E-state index contributed by atoms with van der Waals surface area (Å²) in [5.41, 5.74) is 19.8. The monoisotopic (exact) mass is 892 g/mol. The Kier molecular flexibility index (Phi) is 8.80. The molecule has 4 heterocycles. The van der Waals surface area contributed by atoms with Crippen molar-refractivity contribution < 1.29 is 0 Å². The summed E-state index contributed by atoms with van der Waals surface area (Å²) in [6, 6.07) is 35.0. The van der Waals surface area contributed by atoms with Crippen molar-refractivity contribution >= 4 is 98.7 Å². The van der Waals surface area contributed by atoms with E-state index in [1.54, 1.807) is 0 Å². The topological polar surface area (TPSA) is 6.48 Å². The predicted octanol–water partition coefficient (Wildman–Crippen LogP) is 16.0. The van der Waals surface area contributed by atoms with Gasteiger partial charge in [-0.1, -0.05) is 142 Å². The third kappa shape index (κ3) is 6.29. The van der Waals surface area contributed by atoms with Crippen LogP contribution in [0.15, 0.2) is 84.9 Å². The molecule has 2 aromatic heterocycles. The Morgan fingerprint density at radius 1 is 0.431 bits per heavy atom. The molecule has 0 radical (unpaired) electrons. The van der Waals surface area contributed by atoms with E-state index in [0.29, 0.717) is 0 Å². The van der Waals surface area contributed by atoms with Gasteiger partial charge in [-0.25, -0.2) is 0 Å². The largest absolute Gasteiger partial charge is 0.310 e. The highest BCUT2D eigenvalue weighted by Crippen LogP contribution is 2.56. The quantitative estimate of drug-likeness (QED) is 0.160. The van der Waals surface area contributed by atoms with E-state index in [1.807, 2.05) is 22.7 Å². The molecule has 0 atom stereocenters. The number of rotatable bonds is 2. The van der Waals surface area contributed by atoms with Gasteiger partial charge in [-0.15, -0.1) is 22.7 Å². The normalized spacial score (nSPS) is 18.8. The maximum absolute atomic E-state index is 2.73. The van der Waals surface area contributed by atoms with Crippen LogP contribution in [0.2, 0.25) is 0 Å². The fourth-order valence-electron chi connectivity index (χ4n) is 13.1. The van der Waals surface area contributed by atoms with Crippen LogP contribution in [0.4, 0.5) is 34.1 Å². The van der Waals surface area contributed by atoms with Crippen molar-refractivity contribution in [1.29, 1.82) is 0 Å². The second kappa shape index (κ2) is 13.2. The smallest absolute Gasteiger partial charge is 0.277 e. The first-order valence-corrected chi connectivity index (χ1v) is 25.9. The van der Waals surface area contributed by atoms with E-state index in [-0.39, 0.29) is 44.6 Å². The zero-order valence-electron chi connectivity index (χ0n) is 42.3. The van der Waals surface area contributed by atoms with Gasteiger partial charge < -0.3 is 9.80 Å². The summed E-state index contributed by atoms with van der Waals surface area (Å²) in [6.45, 7) is 41.1. The van der Waals surface area contributed by atoms with Gasteiger partial charge >= 0.3 is 0 Å². The van der Waals surface area contributed by atoms with Crippen molar-refractivity contribution in [3.8, 4) is 0 Å². The Labute approximate surface area is 398 Å². The zero-order chi connectivity index (χ0) is 46.5. The molecular formula is C60H69BN2S2. The number of thiophene rings is 2. The highest BCUT2D eigenvalue weighted by molar-refractivity contribution is 7.40. The average molecular weight is 893 g/mol. The van der Waals surface area contributed by atoms with Crippen LogP contribution in [-0.4, -0.2) is 6.71 Å². The molecular weight excluding hydrogens is 824 g/mol. The molecule has 0 unspecified atom stereocenters. The fraction of sp³-hybridized carbons (Fsp3) is 0.433. The molecule has 0 amide bonds. The van der Waals surface area contributed by atoms with E-state index in [9.17, 15) is 0 Å². The third-order valence-electron chi connectivity index (χ3n) is 16.1. The van der Waals surface area contributed by atoms with E-state index in [1.165, 1.54) is 108 Å². The van der Waals surface area contributed by atoms with E-state index in [0.717, 1.165) is 12.8 Å². The standard InChI is InChI=1S/C60H69BN2S2/c1-54(2,3)34-18-24-47-39(26-34)50-52(64-47)61-49-45(62(50)37-20-22-41-43(30-37)59(14,15)32-57(41,10)11)28-36(56(7,8)9)29-46(49)63(38-21-23-42-44(31-38)60(16,17)33-58(42,12)13)51-40-27-35(55(4,5)6)19-25-48(40)65-53(51)61/h18-31H,32-33H2,1-17H3. The lowest BCUT2D eigenvalue weighted by molar-refractivity contribution is 0.402. The zero-order valence-corrected chi connectivity index (χ0v) is 43.9. The Hall–Kier alpha value is -4.32. The van der Waals surface area contributed by atoms with Crippen LogP contribution < -0.4 is 24.8 Å². The summed E-state index contributed by atoms with van der Waals surface area (Å²) >= 11 is 4.06. The Morgan fingerprint density at radius 2 is 0.800 bits per heavy atom. The minimum Gasteiger partial charge on any atom is -0.310 e. The molecule has 2 aliphatic heterocycles. The highest BCUT2D eigenvalue weighted by atomic mass is 32.1. The molecule has 2 aliphatic carbocycles. The maximum Gasteiger partial charge on any atom is 0.277 e. The number of benzene rings is 5. The lowest BCUT2D eigenvalue weighted by Crippen LogP contribution is -2.59. The Morgan fingerprint density at radius 3 is 1.17 bits per heavy atom. The summed E-state index contributed by atoms with van der Waals surface area (Å²) in [6.07, 6.45) is 2.29. The van der Waals surface area contributed by atoms with Gasteiger partial charge in [0.2, 0.25) is 0 Å². The maximum atomic E-state index is 2.73. The van der Waals surface area contributed by atoms with Gasteiger partial charge in [0.15, 0.2) is 0 Å². The second-order valence-electron chi connectivity index (χ2n) is 26.2. The van der Waals surface area contributed by atoms with Crippen LogP contribution in [0.3, 0.4) is 0 Å². The minimum atomic E-state index is -0.0982. The number of anilines is 6. The van der Waals surface area contributed by atoms with Gasteiger partial charge in [0.25, 0.3) is 6.71 Å². The van der Waals surface area contributed by atoms with Crippen LogP contribution >= 0.6 is 22.7 Å². The van der Waals surface area contributed by atoms with Crippen LogP contribution in [0, 0.1) is 0 Å². The molecule has 0 saturated carbocycles. The first-order valence-electron chi connectivity index (χ1n) is 24.3. The first kappa shape index (κ1) is 43.3. The van der Waals surface area contributed by atoms with Crippen molar-refractivity contribution in [2.75, 3.05) is 9.80 Å². The molecule has 0 saturated heterocycles. The SMILES string of the molecule is CC(C)(C)c1cc2c3c(c1)N(c1ccc4c(c1)C(C)(C)CC4(C)C)c1c(sc4ccc(C(C)(C)C)cc14)B3c1sc3ccc(C(C)(C)C)cc3c1N2c1ccc2c(c1)C(C)(C)CC2(C)C. The van der Waals surface area contributed by atoms with Crippen LogP contribution in [0.1, 0.15) is 169 Å². The molecule has 334 valence electrons. The summed E-state index contributed by atoms with van der Waals surface area (Å²) in [7, 11) is 0. The summed E-state index contributed by atoms with van der Waals surface area (Å²) < 4.78 is 5.65. The van der Waals surface area contributed by atoms with Gasteiger partial charge in [-0.3, -0.25) is 0 Å². The van der Waals surface area contributed by atoms with E-state index >= 15 is 0 Å². The predicted molar refractivity (Wildman–Crippen MR) is 289 cm³/mol. The van der Waals surface area contributed by atoms with Gasteiger partial charge in [0.05, 0.1) is 11.4 Å². The highest BCUT2D eigenvalue weighted by Gasteiger charge is 2.50. The van der Waals surface area contributed by atoms with Gasteiger partial charge in [-0.2, -0.15) is 0 Å². The summed E-state index contributed by atoms with van der Waals surface area (Å²) in [5.74, 6) is 0. The van der Waals surface area contributed by atoms with Gasteiger partial charge in [-0.05, 0) is 156 Å². The van der Waals surface area contributed by atoms with Crippen molar-refractivity contribution in [3.63, 3.8) is 0 Å². The summed E-state index contributed by atoms with van der Waals surface area (Å²) in [4.78, 5) is 5.46. The van der Waals surface area contributed by atoms with Crippen LogP contribution in [-0.2, 0) is 37.9 Å².